The van der Waals surface area contributed by atoms with Gasteiger partial charge in [0, 0.05) is 22.0 Å². The van der Waals surface area contributed by atoms with Crippen LogP contribution in [-0.2, 0) is 15.3 Å². The molecule has 1 unspecified atom stereocenters. The van der Waals surface area contributed by atoms with Crippen LogP contribution in [0.15, 0.2) is 70.7 Å². The molecule has 4 heterocycles. The molecular formula is C30H23Cl2N5O4S2. The van der Waals surface area contributed by atoms with Gasteiger partial charge in [-0.05, 0) is 60.9 Å². The Hall–Kier alpha value is -3.90. The number of hydrogen-bond donors (Lipinski definition) is 1. The molecule has 9 nitrogen and oxygen atoms in total. The fraction of sp³-hybridized carbons (Fsp3) is 0.167. The van der Waals surface area contributed by atoms with Gasteiger partial charge in [-0.2, -0.15) is 0 Å². The van der Waals surface area contributed by atoms with Crippen LogP contribution in [0.2, 0.25) is 10.0 Å². The number of Topliss-reactive ketones (excluding diaryl/α,β-unsaturated/α-hetero) is 1. The van der Waals surface area contributed by atoms with Crippen molar-refractivity contribution in [3.05, 3.63) is 104 Å². The number of pyridine rings is 1. The normalized spacial score (nSPS) is 16.4. The number of amides is 1. The fourth-order valence-corrected chi connectivity index (χ4v) is 7.37. The van der Waals surface area contributed by atoms with Crippen molar-refractivity contribution in [3.63, 3.8) is 0 Å². The summed E-state index contributed by atoms with van der Waals surface area (Å²) in [4.78, 5) is 33.2. The third kappa shape index (κ3) is 5.27. The number of anilines is 1. The van der Waals surface area contributed by atoms with Gasteiger partial charge in [0.15, 0.2) is 10.1 Å². The summed E-state index contributed by atoms with van der Waals surface area (Å²) in [5, 5.41) is 21.5. The molecule has 13 heteroatoms. The average Bonchev–Trinajstić information content (AvgIpc) is 3.67. The van der Waals surface area contributed by atoms with Crippen molar-refractivity contribution in [3.8, 4) is 5.75 Å². The molecule has 1 aliphatic heterocycles. The second-order valence-electron chi connectivity index (χ2n) is 9.75. The number of aryl methyl sites for hydroxylation is 2. The van der Waals surface area contributed by atoms with Gasteiger partial charge in [-0.15, -0.1) is 10.2 Å². The molecule has 0 bridgehead atoms. The predicted molar refractivity (Wildman–Crippen MR) is 168 cm³/mol. The molecule has 0 aliphatic carbocycles. The van der Waals surface area contributed by atoms with Crippen molar-refractivity contribution in [2.24, 2.45) is 0 Å². The lowest BCUT2D eigenvalue weighted by molar-refractivity contribution is -0.132. The van der Waals surface area contributed by atoms with Crippen molar-refractivity contribution in [1.82, 2.24) is 19.6 Å². The highest BCUT2D eigenvalue weighted by molar-refractivity contribution is 8.00. The molecule has 5 aromatic rings. The van der Waals surface area contributed by atoms with E-state index in [0.717, 1.165) is 22.5 Å². The Bertz CT molecular complexity index is 1940. The number of carbonyl (C=O) groups excluding carboxylic acids is 2. The molecule has 43 heavy (non-hydrogen) atoms. The van der Waals surface area contributed by atoms with Crippen molar-refractivity contribution in [1.29, 1.82) is 0 Å². The largest absolute Gasteiger partial charge is 0.505 e. The van der Waals surface area contributed by atoms with E-state index in [2.05, 4.69) is 15.2 Å². The predicted octanol–water partition coefficient (Wildman–Crippen LogP) is 7.04. The molecule has 3 aromatic heterocycles. The van der Waals surface area contributed by atoms with E-state index in [1.54, 1.807) is 50.4 Å². The van der Waals surface area contributed by atoms with Gasteiger partial charge in [-0.1, -0.05) is 70.6 Å². The van der Waals surface area contributed by atoms with E-state index in [-0.39, 0.29) is 22.2 Å². The van der Waals surface area contributed by atoms with Crippen LogP contribution < -0.4 is 9.64 Å². The van der Waals surface area contributed by atoms with Crippen molar-refractivity contribution in [2.75, 3.05) is 12.0 Å². The molecule has 0 radical (unpaired) electrons. The van der Waals surface area contributed by atoms with E-state index in [1.807, 2.05) is 35.7 Å². The van der Waals surface area contributed by atoms with Crippen molar-refractivity contribution in [2.45, 2.75) is 30.0 Å². The highest BCUT2D eigenvalue weighted by Crippen LogP contribution is 2.44. The van der Waals surface area contributed by atoms with Gasteiger partial charge in [0.05, 0.1) is 24.4 Å². The van der Waals surface area contributed by atoms with Gasteiger partial charge in [0.1, 0.15) is 17.1 Å². The Morgan fingerprint density at radius 3 is 2.56 bits per heavy atom. The third-order valence-corrected chi connectivity index (χ3v) is 9.84. The van der Waals surface area contributed by atoms with Crippen molar-refractivity contribution < 1.29 is 19.4 Å². The summed E-state index contributed by atoms with van der Waals surface area (Å²) < 4.78 is 7.72. The summed E-state index contributed by atoms with van der Waals surface area (Å²) in [5.74, 6) is -0.934. The topological polar surface area (TPSA) is 110 Å². The highest BCUT2D eigenvalue weighted by atomic mass is 35.5. The minimum Gasteiger partial charge on any atom is -0.505 e. The number of hydrogen-bond acceptors (Lipinski definition) is 9. The molecule has 1 saturated heterocycles. The molecule has 1 amide bonds. The number of ether oxygens (including phenoxy) is 1. The number of imidazole rings is 1. The lowest BCUT2D eigenvalue weighted by atomic mass is 9.96. The summed E-state index contributed by atoms with van der Waals surface area (Å²) in [6.07, 6.45) is 1.83. The Balaban J connectivity index is 1.43. The number of aliphatic hydroxyl groups excluding tert-OH is 1. The molecule has 1 N–H and O–H groups in total. The summed E-state index contributed by atoms with van der Waals surface area (Å²) >= 11 is 14.9. The first-order valence-electron chi connectivity index (χ1n) is 13.0. The fourth-order valence-electron chi connectivity index (χ4n) is 4.94. The maximum Gasteiger partial charge on any atom is 0.301 e. The van der Waals surface area contributed by atoms with Gasteiger partial charge in [-0.3, -0.25) is 14.5 Å². The molecule has 1 aliphatic rings. The number of rotatable bonds is 7. The first kappa shape index (κ1) is 29.2. The number of thioether (sulfide) groups is 1. The number of benzene rings is 2. The molecule has 6 rings (SSSR count). The Morgan fingerprint density at radius 2 is 1.86 bits per heavy atom. The lowest BCUT2D eigenvalue weighted by Crippen LogP contribution is -2.29. The van der Waals surface area contributed by atoms with Gasteiger partial charge < -0.3 is 14.2 Å². The summed E-state index contributed by atoms with van der Waals surface area (Å²) in [6.45, 7) is 3.71. The standard InChI is InChI=1S/C30H23Cl2N5O4S2/c1-15-5-4-12-36-16(2)23(33-27(15)36)25(38)22-24(17-7-10-20(41-3)11-8-17)37(28(40)26(22)39)29-34-35-30(43-29)42-14-18-6-9-19(31)13-21(18)32/h4-13,24,38H,14H2,1-3H3/b25-22+. The maximum atomic E-state index is 13.6. The Morgan fingerprint density at radius 1 is 1.09 bits per heavy atom. The van der Waals surface area contributed by atoms with Gasteiger partial charge >= 0.3 is 5.91 Å². The maximum absolute atomic E-state index is 13.6. The lowest BCUT2D eigenvalue weighted by Gasteiger charge is -2.22. The minimum atomic E-state index is -0.979. The molecule has 1 atom stereocenters. The monoisotopic (exact) mass is 651 g/mol. The van der Waals surface area contributed by atoms with Crippen LogP contribution in [-0.4, -0.2) is 43.5 Å². The van der Waals surface area contributed by atoms with Gasteiger partial charge in [0.2, 0.25) is 5.13 Å². The number of halogens is 2. The average molecular weight is 653 g/mol. The number of aliphatic hydroxyl groups is 1. The summed E-state index contributed by atoms with van der Waals surface area (Å²) in [5.41, 5.74) is 3.75. The van der Waals surface area contributed by atoms with Crippen LogP contribution in [0.4, 0.5) is 5.13 Å². The van der Waals surface area contributed by atoms with Crippen LogP contribution in [0.5, 0.6) is 5.75 Å². The number of ketones is 1. The zero-order valence-electron chi connectivity index (χ0n) is 23.0. The Labute approximate surface area is 264 Å². The van der Waals surface area contributed by atoms with Crippen LogP contribution in [0.25, 0.3) is 11.4 Å². The van der Waals surface area contributed by atoms with E-state index >= 15 is 0 Å². The molecule has 0 spiro atoms. The number of aromatic nitrogens is 4. The van der Waals surface area contributed by atoms with Crippen molar-refractivity contribution >= 4 is 74.5 Å². The van der Waals surface area contributed by atoms with Crippen LogP contribution in [0.1, 0.15) is 34.1 Å². The zero-order valence-corrected chi connectivity index (χ0v) is 26.2. The molecule has 1 fully saturated rings. The molecular weight excluding hydrogens is 629 g/mol. The summed E-state index contributed by atoms with van der Waals surface area (Å²) in [7, 11) is 1.55. The van der Waals surface area contributed by atoms with Gasteiger partial charge in [0.25, 0.3) is 5.78 Å². The Kier molecular flexibility index (Phi) is 7.91. The van der Waals surface area contributed by atoms with E-state index in [4.69, 9.17) is 27.9 Å². The van der Waals surface area contributed by atoms with Crippen LogP contribution in [0.3, 0.4) is 0 Å². The van der Waals surface area contributed by atoms with Gasteiger partial charge in [-0.25, -0.2) is 4.98 Å². The number of nitrogens with zero attached hydrogens (tertiary/aromatic N) is 5. The number of methoxy groups -OCH3 is 1. The molecule has 218 valence electrons. The first-order valence-corrected chi connectivity index (χ1v) is 15.5. The highest BCUT2D eigenvalue weighted by Gasteiger charge is 2.49. The van der Waals surface area contributed by atoms with E-state index in [1.165, 1.54) is 16.7 Å². The third-order valence-electron chi connectivity index (χ3n) is 7.15. The quantitative estimate of drug-likeness (QED) is 0.0656. The van der Waals surface area contributed by atoms with E-state index in [9.17, 15) is 14.7 Å². The first-order chi connectivity index (χ1) is 20.7. The van der Waals surface area contributed by atoms with Crippen LogP contribution in [0, 0.1) is 13.8 Å². The SMILES string of the molecule is COc1ccc(C2/C(=C(\O)c3nc4c(C)cccn4c3C)C(=O)C(=O)N2c2nnc(SCc3ccc(Cl)cc3Cl)s2)cc1. The van der Waals surface area contributed by atoms with E-state index < -0.39 is 17.7 Å². The summed E-state index contributed by atoms with van der Waals surface area (Å²) in [6, 6.07) is 15.0. The molecule has 0 saturated carbocycles. The number of fused-ring (bicyclic) bond motifs is 1. The second kappa shape index (κ2) is 11.6. The van der Waals surface area contributed by atoms with Crippen LogP contribution >= 0.6 is 46.3 Å². The second-order valence-corrected chi connectivity index (χ2v) is 12.8. The van der Waals surface area contributed by atoms with E-state index in [0.29, 0.717) is 42.8 Å². The zero-order chi connectivity index (χ0) is 30.4. The minimum absolute atomic E-state index is 0.0864. The molecule has 2 aromatic carbocycles. The smallest absolute Gasteiger partial charge is 0.301 e. The number of carbonyl (C=O) groups is 2.